The number of nitrogens with one attached hydrogen (secondary N) is 1. The van der Waals surface area contributed by atoms with Crippen LogP contribution in [0.3, 0.4) is 0 Å². The number of carbonyl (C=O) groups is 2. The maximum atomic E-state index is 13.8. The van der Waals surface area contributed by atoms with E-state index in [1.54, 1.807) is 0 Å². The van der Waals surface area contributed by atoms with Crippen LogP contribution in [0.25, 0.3) is 10.9 Å². The fourth-order valence-electron chi connectivity index (χ4n) is 6.11. The number of fused-ring (bicyclic) bond motifs is 4. The minimum Gasteiger partial charge on any atom is -0.356 e. The first-order valence-corrected chi connectivity index (χ1v) is 12.5. The second kappa shape index (κ2) is 8.46. The molecule has 34 heavy (non-hydrogen) atoms. The number of H-pyrrole nitrogens is 1. The summed E-state index contributed by atoms with van der Waals surface area (Å²) in [5, 5.41) is 1.15. The standard InChI is InChI=1S/C29H31N3O2/c1-19-8-7-11-21(16-19)28-27-23(22-12-5-6-13-24(22)30-27)17-25-29(34)31(18-26(33)32(25)28)15-14-20-9-3-2-4-10-20/h5-9,11-13,16,25,28,30H,2-4,10,14-15,17-18H2,1H3/t25-,28?/m0/s1. The SMILES string of the molecule is Cc1cccc(C2c3[nH]c4ccccc4c3C[C@H]3C(=O)N(CCC4=CCCCC4)CC(=O)N23)c1. The smallest absolute Gasteiger partial charge is 0.246 e. The van der Waals surface area contributed by atoms with Crippen molar-refractivity contribution in [1.29, 1.82) is 0 Å². The summed E-state index contributed by atoms with van der Waals surface area (Å²) >= 11 is 0. The molecule has 2 aromatic carbocycles. The van der Waals surface area contributed by atoms with Crippen molar-refractivity contribution >= 4 is 22.7 Å². The minimum atomic E-state index is -0.459. The molecule has 0 spiro atoms. The minimum absolute atomic E-state index is 0.0398. The maximum Gasteiger partial charge on any atom is 0.246 e. The van der Waals surface area contributed by atoms with E-state index in [1.807, 2.05) is 28.0 Å². The Labute approximate surface area is 200 Å². The summed E-state index contributed by atoms with van der Waals surface area (Å²) in [5.41, 5.74) is 6.92. The van der Waals surface area contributed by atoms with E-state index >= 15 is 0 Å². The normalized spacial score (nSPS) is 22.6. The van der Waals surface area contributed by atoms with Gasteiger partial charge in [-0.05, 0) is 56.2 Å². The third-order valence-corrected chi connectivity index (χ3v) is 7.79. The van der Waals surface area contributed by atoms with Crippen LogP contribution < -0.4 is 0 Å². The molecule has 1 saturated heterocycles. The summed E-state index contributed by atoms with van der Waals surface area (Å²) in [6, 6.07) is 15.9. The summed E-state index contributed by atoms with van der Waals surface area (Å²) in [6.07, 6.45) is 8.53. The number of hydrogen-bond acceptors (Lipinski definition) is 2. The number of para-hydroxylation sites is 1. The number of amides is 2. The number of benzene rings is 2. The molecular formula is C29H31N3O2. The molecule has 0 radical (unpaired) electrons. The van der Waals surface area contributed by atoms with Gasteiger partial charge in [-0.2, -0.15) is 0 Å². The van der Waals surface area contributed by atoms with Gasteiger partial charge in [-0.25, -0.2) is 0 Å². The van der Waals surface area contributed by atoms with Gasteiger partial charge in [0.15, 0.2) is 0 Å². The predicted molar refractivity (Wildman–Crippen MR) is 133 cm³/mol. The number of carbonyl (C=O) groups excluding carboxylic acids is 2. The molecule has 2 aliphatic heterocycles. The Hall–Kier alpha value is -3.34. The van der Waals surface area contributed by atoms with Gasteiger partial charge >= 0.3 is 0 Å². The van der Waals surface area contributed by atoms with Gasteiger partial charge in [-0.15, -0.1) is 0 Å². The van der Waals surface area contributed by atoms with Crippen molar-refractivity contribution in [1.82, 2.24) is 14.8 Å². The van der Waals surface area contributed by atoms with Gasteiger partial charge in [0.05, 0.1) is 12.6 Å². The quantitative estimate of drug-likeness (QED) is 0.562. The van der Waals surface area contributed by atoms with Gasteiger partial charge < -0.3 is 14.8 Å². The third kappa shape index (κ3) is 3.54. The molecule has 1 aromatic heterocycles. The molecule has 6 rings (SSSR count). The van der Waals surface area contributed by atoms with Crippen LogP contribution in [0.4, 0.5) is 0 Å². The van der Waals surface area contributed by atoms with E-state index < -0.39 is 6.04 Å². The summed E-state index contributed by atoms with van der Waals surface area (Å²) < 4.78 is 0. The van der Waals surface area contributed by atoms with Crippen LogP contribution in [-0.2, 0) is 16.0 Å². The first-order valence-electron chi connectivity index (χ1n) is 12.5. The van der Waals surface area contributed by atoms with E-state index in [4.69, 9.17) is 0 Å². The lowest BCUT2D eigenvalue weighted by molar-refractivity contribution is -0.158. The molecule has 0 saturated carbocycles. The Morgan fingerprint density at radius 1 is 1.06 bits per heavy atom. The number of nitrogens with zero attached hydrogens (tertiary/aromatic N) is 2. The molecule has 0 bridgehead atoms. The molecule has 3 aliphatic rings. The summed E-state index contributed by atoms with van der Waals surface area (Å²) in [5.74, 6) is 0.127. The highest BCUT2D eigenvalue weighted by atomic mass is 16.2. The van der Waals surface area contributed by atoms with E-state index in [1.165, 1.54) is 24.0 Å². The Bertz CT molecular complexity index is 1300. The molecule has 5 nitrogen and oxygen atoms in total. The number of hydrogen-bond donors (Lipinski definition) is 1. The van der Waals surface area contributed by atoms with Gasteiger partial charge in [0.1, 0.15) is 6.04 Å². The highest BCUT2D eigenvalue weighted by Gasteiger charge is 2.48. The van der Waals surface area contributed by atoms with Crippen LogP contribution in [0.2, 0.25) is 0 Å². The topological polar surface area (TPSA) is 56.4 Å². The summed E-state index contributed by atoms with van der Waals surface area (Å²) in [4.78, 5) is 34.7. The third-order valence-electron chi connectivity index (χ3n) is 7.79. The molecule has 174 valence electrons. The van der Waals surface area contributed by atoms with Crippen molar-refractivity contribution in [2.75, 3.05) is 13.1 Å². The number of aromatic nitrogens is 1. The van der Waals surface area contributed by atoms with Gasteiger partial charge in [-0.3, -0.25) is 9.59 Å². The predicted octanol–water partition coefficient (Wildman–Crippen LogP) is 5.05. The molecule has 1 unspecified atom stereocenters. The van der Waals surface area contributed by atoms with E-state index in [-0.39, 0.29) is 24.4 Å². The zero-order valence-corrected chi connectivity index (χ0v) is 19.7. The van der Waals surface area contributed by atoms with Crippen molar-refractivity contribution in [3.05, 3.63) is 82.6 Å². The number of rotatable bonds is 4. The largest absolute Gasteiger partial charge is 0.356 e. The van der Waals surface area contributed by atoms with Crippen molar-refractivity contribution in [2.24, 2.45) is 0 Å². The van der Waals surface area contributed by atoms with Crippen LogP contribution in [0.5, 0.6) is 0 Å². The number of aryl methyl sites for hydroxylation is 1. The van der Waals surface area contributed by atoms with Crippen LogP contribution >= 0.6 is 0 Å². The molecule has 3 aromatic rings. The van der Waals surface area contributed by atoms with Crippen LogP contribution in [0.1, 0.15) is 60.5 Å². The molecule has 1 N–H and O–H groups in total. The first kappa shape index (κ1) is 21.2. The molecule has 1 fully saturated rings. The molecule has 1 aliphatic carbocycles. The molecule has 5 heteroatoms. The molecular weight excluding hydrogens is 422 g/mol. The Kier molecular flexibility index (Phi) is 5.28. The zero-order chi connectivity index (χ0) is 23.2. The molecule has 2 atom stereocenters. The summed E-state index contributed by atoms with van der Waals surface area (Å²) in [6.45, 7) is 2.87. The second-order valence-corrected chi connectivity index (χ2v) is 10.0. The first-order chi connectivity index (χ1) is 16.6. The Balaban J connectivity index is 1.39. The zero-order valence-electron chi connectivity index (χ0n) is 19.7. The number of allylic oxidation sites excluding steroid dienone is 1. The van der Waals surface area contributed by atoms with E-state index in [0.717, 1.165) is 47.0 Å². The molecule has 2 amide bonds. The Morgan fingerprint density at radius 2 is 1.94 bits per heavy atom. The molecule has 3 heterocycles. The van der Waals surface area contributed by atoms with Crippen molar-refractivity contribution in [3.8, 4) is 0 Å². The van der Waals surface area contributed by atoms with Gasteiger partial charge in [0.2, 0.25) is 11.8 Å². The van der Waals surface area contributed by atoms with Crippen molar-refractivity contribution in [3.63, 3.8) is 0 Å². The number of aromatic amines is 1. The fourth-order valence-corrected chi connectivity index (χ4v) is 6.11. The average molecular weight is 454 g/mol. The highest BCUT2D eigenvalue weighted by molar-refractivity contribution is 5.97. The highest BCUT2D eigenvalue weighted by Crippen LogP contribution is 2.42. The lowest BCUT2D eigenvalue weighted by atomic mass is 9.85. The van der Waals surface area contributed by atoms with Gasteiger partial charge in [-0.1, -0.05) is 59.7 Å². The fraction of sp³-hybridized carbons (Fsp3) is 0.379. The number of piperazine rings is 1. The van der Waals surface area contributed by atoms with Crippen LogP contribution in [-0.4, -0.2) is 45.7 Å². The maximum absolute atomic E-state index is 13.8. The van der Waals surface area contributed by atoms with E-state index in [9.17, 15) is 9.59 Å². The van der Waals surface area contributed by atoms with Crippen molar-refractivity contribution < 1.29 is 9.59 Å². The van der Waals surface area contributed by atoms with Crippen molar-refractivity contribution in [2.45, 2.75) is 57.5 Å². The average Bonchev–Trinajstić information content (AvgIpc) is 3.23. The van der Waals surface area contributed by atoms with Crippen LogP contribution in [0.15, 0.2) is 60.2 Å². The monoisotopic (exact) mass is 453 g/mol. The van der Waals surface area contributed by atoms with Crippen LogP contribution in [0, 0.1) is 6.92 Å². The Morgan fingerprint density at radius 3 is 2.76 bits per heavy atom. The van der Waals surface area contributed by atoms with E-state index in [2.05, 4.69) is 48.3 Å². The summed E-state index contributed by atoms with van der Waals surface area (Å²) in [7, 11) is 0. The second-order valence-electron chi connectivity index (χ2n) is 10.0. The van der Waals surface area contributed by atoms with Gasteiger partial charge in [0.25, 0.3) is 0 Å². The van der Waals surface area contributed by atoms with Gasteiger partial charge in [0, 0.05) is 29.6 Å². The lowest BCUT2D eigenvalue weighted by Gasteiger charge is -2.47. The lowest BCUT2D eigenvalue weighted by Crippen LogP contribution is -2.63. The van der Waals surface area contributed by atoms with E-state index in [0.29, 0.717) is 13.0 Å².